The van der Waals surface area contributed by atoms with Gasteiger partial charge in [0.25, 0.3) is 0 Å². The Hall–Kier alpha value is -1.31. The molecule has 0 aromatic heterocycles. The van der Waals surface area contributed by atoms with Crippen molar-refractivity contribution in [1.82, 2.24) is 15.1 Å². The molecule has 25 heavy (non-hydrogen) atoms. The number of rotatable bonds is 4. The van der Waals surface area contributed by atoms with Crippen LogP contribution in [0.15, 0.2) is 35.3 Å². The lowest BCUT2D eigenvalue weighted by molar-refractivity contribution is -0.127. The summed E-state index contributed by atoms with van der Waals surface area (Å²) >= 11 is 0. The van der Waals surface area contributed by atoms with Crippen LogP contribution < -0.4 is 5.32 Å². The zero-order chi connectivity index (χ0) is 17.0. The first kappa shape index (κ1) is 20.0. The maximum atomic E-state index is 11.9. The molecular formula is C19H29IN4O. The van der Waals surface area contributed by atoms with Crippen molar-refractivity contribution in [2.45, 2.75) is 32.2 Å². The van der Waals surface area contributed by atoms with Crippen LogP contribution in [0.1, 0.15) is 31.2 Å². The predicted octanol–water partition coefficient (Wildman–Crippen LogP) is 2.71. The highest BCUT2D eigenvalue weighted by Gasteiger charge is 2.43. The smallest absolute Gasteiger partial charge is 0.241 e. The topological polar surface area (TPSA) is 47.9 Å². The fourth-order valence-electron chi connectivity index (χ4n) is 3.53. The molecule has 0 atom stereocenters. The zero-order valence-corrected chi connectivity index (χ0v) is 17.5. The SMILES string of the molecule is CN(C)C(=O)CNC(=NCc1ccccc1)N1CCC2(CCC2)C1.I. The zero-order valence-electron chi connectivity index (χ0n) is 15.2. The molecule has 1 spiro atoms. The highest BCUT2D eigenvalue weighted by molar-refractivity contribution is 14.0. The van der Waals surface area contributed by atoms with E-state index in [0.29, 0.717) is 18.5 Å². The van der Waals surface area contributed by atoms with Gasteiger partial charge < -0.3 is 15.1 Å². The van der Waals surface area contributed by atoms with Gasteiger partial charge in [0.1, 0.15) is 0 Å². The second kappa shape index (κ2) is 8.87. The molecule has 3 rings (SSSR count). The minimum absolute atomic E-state index is 0. The van der Waals surface area contributed by atoms with E-state index in [4.69, 9.17) is 4.99 Å². The van der Waals surface area contributed by atoms with Gasteiger partial charge in [0.15, 0.2) is 5.96 Å². The minimum atomic E-state index is 0. The molecule has 6 heteroatoms. The Morgan fingerprint density at radius 3 is 2.52 bits per heavy atom. The third kappa shape index (κ3) is 5.09. The summed E-state index contributed by atoms with van der Waals surface area (Å²) in [5.41, 5.74) is 1.70. The number of amides is 1. The van der Waals surface area contributed by atoms with Gasteiger partial charge >= 0.3 is 0 Å². The Morgan fingerprint density at radius 1 is 1.24 bits per heavy atom. The van der Waals surface area contributed by atoms with Gasteiger partial charge in [0, 0.05) is 27.2 Å². The quantitative estimate of drug-likeness (QED) is 0.431. The summed E-state index contributed by atoms with van der Waals surface area (Å²) in [5.74, 6) is 0.942. The van der Waals surface area contributed by atoms with E-state index in [9.17, 15) is 4.79 Å². The molecule has 5 nitrogen and oxygen atoms in total. The number of likely N-dealkylation sites (N-methyl/N-ethyl adjacent to an activating group) is 1. The van der Waals surface area contributed by atoms with Crippen molar-refractivity contribution in [1.29, 1.82) is 0 Å². The number of hydrogen-bond donors (Lipinski definition) is 1. The van der Waals surface area contributed by atoms with Gasteiger partial charge in [-0.15, -0.1) is 24.0 Å². The molecule has 0 bridgehead atoms. The third-order valence-corrected chi connectivity index (χ3v) is 5.30. The van der Waals surface area contributed by atoms with Crippen molar-refractivity contribution in [3.05, 3.63) is 35.9 Å². The van der Waals surface area contributed by atoms with Crippen molar-refractivity contribution < 1.29 is 4.79 Å². The summed E-state index contributed by atoms with van der Waals surface area (Å²) in [7, 11) is 3.56. The van der Waals surface area contributed by atoms with Crippen molar-refractivity contribution in [3.8, 4) is 0 Å². The summed E-state index contributed by atoms with van der Waals surface area (Å²) in [6, 6.07) is 10.3. The van der Waals surface area contributed by atoms with Gasteiger partial charge in [0.2, 0.25) is 5.91 Å². The highest BCUT2D eigenvalue weighted by atomic mass is 127. The van der Waals surface area contributed by atoms with Crippen molar-refractivity contribution in [2.75, 3.05) is 33.7 Å². The van der Waals surface area contributed by atoms with Crippen LogP contribution in [0.2, 0.25) is 0 Å². The maximum Gasteiger partial charge on any atom is 0.241 e. The molecule has 1 saturated heterocycles. The third-order valence-electron chi connectivity index (χ3n) is 5.30. The van der Waals surface area contributed by atoms with Crippen LogP contribution >= 0.6 is 24.0 Å². The lowest BCUT2D eigenvalue weighted by Crippen LogP contribution is -2.45. The molecule has 0 unspecified atom stereocenters. The molecule has 1 aliphatic heterocycles. The number of nitrogens with zero attached hydrogens (tertiary/aromatic N) is 3. The van der Waals surface area contributed by atoms with Crippen molar-refractivity contribution >= 4 is 35.8 Å². The molecule has 2 fully saturated rings. The van der Waals surface area contributed by atoms with E-state index in [1.807, 2.05) is 18.2 Å². The number of nitrogens with one attached hydrogen (secondary N) is 1. The Morgan fingerprint density at radius 2 is 1.96 bits per heavy atom. The molecule has 1 N–H and O–H groups in total. The van der Waals surface area contributed by atoms with Gasteiger partial charge in [-0.2, -0.15) is 0 Å². The van der Waals surface area contributed by atoms with Crippen LogP contribution in [-0.4, -0.2) is 55.4 Å². The monoisotopic (exact) mass is 456 g/mol. The standard InChI is InChI=1S/C19H28N4O.HI/c1-22(2)17(24)14-21-18(20-13-16-7-4-3-5-8-16)23-12-11-19(15-23)9-6-10-19;/h3-5,7-8H,6,9-15H2,1-2H3,(H,20,21);1H. The first-order valence-electron chi connectivity index (χ1n) is 8.85. The molecule has 1 aliphatic carbocycles. The molecule has 1 aromatic rings. The molecule has 0 radical (unpaired) electrons. The van der Waals surface area contributed by atoms with Crippen LogP contribution in [0.4, 0.5) is 0 Å². The number of halogens is 1. The number of carbonyl (C=O) groups is 1. The maximum absolute atomic E-state index is 11.9. The first-order chi connectivity index (χ1) is 11.6. The van der Waals surface area contributed by atoms with Gasteiger partial charge in [0.05, 0.1) is 13.1 Å². The Labute approximate surface area is 167 Å². The van der Waals surface area contributed by atoms with Crippen LogP contribution in [0.25, 0.3) is 0 Å². The second-order valence-electron chi connectivity index (χ2n) is 7.29. The summed E-state index contributed by atoms with van der Waals surface area (Å²) in [4.78, 5) is 20.7. The van der Waals surface area contributed by atoms with Crippen LogP contribution in [0.3, 0.4) is 0 Å². The second-order valence-corrected chi connectivity index (χ2v) is 7.29. The van der Waals surface area contributed by atoms with E-state index in [1.54, 1.807) is 19.0 Å². The number of aliphatic imine (C=N–C) groups is 1. The average molecular weight is 456 g/mol. The van der Waals surface area contributed by atoms with Crippen molar-refractivity contribution in [2.24, 2.45) is 10.4 Å². The molecule has 2 aliphatic rings. The number of hydrogen-bond acceptors (Lipinski definition) is 2. The average Bonchev–Trinajstić information content (AvgIpc) is 3.01. The van der Waals surface area contributed by atoms with E-state index >= 15 is 0 Å². The van der Waals surface area contributed by atoms with Crippen LogP contribution in [0, 0.1) is 5.41 Å². The summed E-state index contributed by atoms with van der Waals surface area (Å²) < 4.78 is 0. The Bertz CT molecular complexity index is 599. The van der Waals surface area contributed by atoms with E-state index in [2.05, 4.69) is 22.3 Å². The van der Waals surface area contributed by atoms with E-state index in [0.717, 1.165) is 19.0 Å². The van der Waals surface area contributed by atoms with Gasteiger partial charge in [-0.1, -0.05) is 36.8 Å². The van der Waals surface area contributed by atoms with Gasteiger partial charge in [-0.25, -0.2) is 4.99 Å². The molecular weight excluding hydrogens is 427 g/mol. The van der Waals surface area contributed by atoms with Crippen LogP contribution in [-0.2, 0) is 11.3 Å². The highest BCUT2D eigenvalue weighted by Crippen LogP contribution is 2.47. The Balaban J connectivity index is 0.00000225. The molecule has 1 heterocycles. The fourth-order valence-corrected chi connectivity index (χ4v) is 3.53. The lowest BCUT2D eigenvalue weighted by atomic mass is 9.68. The van der Waals surface area contributed by atoms with E-state index < -0.39 is 0 Å². The molecule has 138 valence electrons. The Kier molecular flexibility index (Phi) is 7.10. The predicted molar refractivity (Wildman–Crippen MR) is 112 cm³/mol. The normalized spacial score (nSPS) is 18.5. The molecule has 1 aromatic carbocycles. The number of likely N-dealkylation sites (tertiary alicyclic amines) is 1. The van der Waals surface area contributed by atoms with E-state index in [1.165, 1.54) is 31.2 Å². The lowest BCUT2D eigenvalue weighted by Gasteiger charge is -2.38. The summed E-state index contributed by atoms with van der Waals surface area (Å²) in [6.07, 6.45) is 5.29. The fraction of sp³-hybridized carbons (Fsp3) is 0.579. The summed E-state index contributed by atoms with van der Waals surface area (Å²) in [5, 5.41) is 3.28. The van der Waals surface area contributed by atoms with Crippen molar-refractivity contribution in [3.63, 3.8) is 0 Å². The number of benzene rings is 1. The van der Waals surface area contributed by atoms with Gasteiger partial charge in [-0.05, 0) is 30.2 Å². The van der Waals surface area contributed by atoms with Crippen LogP contribution in [0.5, 0.6) is 0 Å². The minimum Gasteiger partial charge on any atom is -0.347 e. The largest absolute Gasteiger partial charge is 0.347 e. The number of guanidine groups is 1. The van der Waals surface area contributed by atoms with Gasteiger partial charge in [-0.3, -0.25) is 4.79 Å². The number of carbonyl (C=O) groups excluding carboxylic acids is 1. The first-order valence-corrected chi connectivity index (χ1v) is 8.85. The van der Waals surface area contributed by atoms with E-state index in [-0.39, 0.29) is 29.9 Å². The molecule has 1 amide bonds. The molecule has 1 saturated carbocycles. The summed E-state index contributed by atoms with van der Waals surface area (Å²) in [6.45, 7) is 3.05.